The standard InChI is InChI=1S/C12H17N3/c1-12(2,3)10-5-6-15(7-10)11-8-14(4)9-13-11/h5-9H,1-4H3. The van der Waals surface area contributed by atoms with Gasteiger partial charge in [-0.1, -0.05) is 20.8 Å². The molecule has 0 bridgehead atoms. The van der Waals surface area contributed by atoms with E-state index in [0.29, 0.717) is 0 Å². The van der Waals surface area contributed by atoms with Gasteiger partial charge in [-0.3, -0.25) is 0 Å². The van der Waals surface area contributed by atoms with Crippen LogP contribution in [0.25, 0.3) is 5.82 Å². The molecule has 0 saturated carbocycles. The van der Waals surface area contributed by atoms with Crippen molar-refractivity contribution >= 4 is 0 Å². The second-order valence-electron chi connectivity index (χ2n) is 4.95. The first kappa shape index (κ1) is 10.0. The van der Waals surface area contributed by atoms with Crippen LogP contribution in [0.4, 0.5) is 0 Å². The van der Waals surface area contributed by atoms with Crippen LogP contribution in [0.15, 0.2) is 31.0 Å². The minimum absolute atomic E-state index is 0.194. The summed E-state index contributed by atoms with van der Waals surface area (Å²) in [5, 5.41) is 0. The molecule has 0 amide bonds. The Labute approximate surface area is 90.4 Å². The van der Waals surface area contributed by atoms with Crippen molar-refractivity contribution in [3.05, 3.63) is 36.5 Å². The van der Waals surface area contributed by atoms with Crippen molar-refractivity contribution in [2.45, 2.75) is 26.2 Å². The number of aromatic nitrogens is 3. The SMILES string of the molecule is Cn1cnc(-n2ccc(C(C)(C)C)c2)c1. The summed E-state index contributed by atoms with van der Waals surface area (Å²) in [6, 6.07) is 2.15. The Balaban J connectivity index is 2.36. The largest absolute Gasteiger partial charge is 0.338 e. The quantitative estimate of drug-likeness (QED) is 0.698. The molecule has 2 rings (SSSR count). The van der Waals surface area contributed by atoms with E-state index in [1.165, 1.54) is 5.56 Å². The lowest BCUT2D eigenvalue weighted by atomic mass is 9.89. The highest BCUT2D eigenvalue weighted by atomic mass is 15.1. The van der Waals surface area contributed by atoms with Gasteiger partial charge in [0.2, 0.25) is 0 Å². The Morgan fingerprint density at radius 1 is 1.20 bits per heavy atom. The van der Waals surface area contributed by atoms with E-state index in [0.717, 1.165) is 5.82 Å². The van der Waals surface area contributed by atoms with Gasteiger partial charge in [0.25, 0.3) is 0 Å². The second-order valence-corrected chi connectivity index (χ2v) is 4.95. The van der Waals surface area contributed by atoms with Gasteiger partial charge in [0.1, 0.15) is 0 Å². The van der Waals surface area contributed by atoms with Crippen LogP contribution in [0, 0.1) is 0 Å². The summed E-state index contributed by atoms with van der Waals surface area (Å²) >= 11 is 0. The molecule has 0 aliphatic heterocycles. The predicted octanol–water partition coefficient (Wildman–Crippen LogP) is 2.51. The lowest BCUT2D eigenvalue weighted by molar-refractivity contribution is 0.590. The van der Waals surface area contributed by atoms with Crippen LogP contribution in [-0.2, 0) is 12.5 Å². The molecule has 3 heteroatoms. The number of rotatable bonds is 1. The highest BCUT2D eigenvalue weighted by molar-refractivity contribution is 5.27. The lowest BCUT2D eigenvalue weighted by Gasteiger charge is -2.15. The third kappa shape index (κ3) is 1.96. The molecule has 0 fully saturated rings. The van der Waals surface area contributed by atoms with E-state index in [1.807, 2.05) is 24.1 Å². The molecule has 0 saturated heterocycles. The van der Waals surface area contributed by atoms with Gasteiger partial charge in [0, 0.05) is 25.6 Å². The maximum absolute atomic E-state index is 4.31. The smallest absolute Gasteiger partial charge is 0.154 e. The minimum atomic E-state index is 0.194. The monoisotopic (exact) mass is 203 g/mol. The summed E-state index contributed by atoms with van der Waals surface area (Å²) in [5.74, 6) is 0.966. The van der Waals surface area contributed by atoms with Crippen LogP contribution in [0.5, 0.6) is 0 Å². The molecule has 0 aliphatic rings. The third-order valence-electron chi connectivity index (χ3n) is 2.51. The van der Waals surface area contributed by atoms with Gasteiger partial charge >= 0.3 is 0 Å². The summed E-state index contributed by atoms with van der Waals surface area (Å²) in [5.41, 5.74) is 1.52. The Morgan fingerprint density at radius 2 is 1.93 bits per heavy atom. The van der Waals surface area contributed by atoms with E-state index in [1.54, 1.807) is 0 Å². The first-order valence-electron chi connectivity index (χ1n) is 5.13. The maximum atomic E-state index is 4.31. The fraction of sp³-hybridized carbons (Fsp3) is 0.417. The number of aryl methyl sites for hydroxylation is 1. The molecule has 15 heavy (non-hydrogen) atoms. The van der Waals surface area contributed by atoms with Gasteiger partial charge in [0.15, 0.2) is 5.82 Å². The maximum Gasteiger partial charge on any atom is 0.154 e. The molecule has 0 aromatic carbocycles. The Bertz CT molecular complexity index is 457. The molecule has 2 aromatic rings. The molecule has 2 aromatic heterocycles. The predicted molar refractivity (Wildman–Crippen MR) is 61.2 cm³/mol. The molecular formula is C12H17N3. The van der Waals surface area contributed by atoms with E-state index in [4.69, 9.17) is 0 Å². The van der Waals surface area contributed by atoms with E-state index < -0.39 is 0 Å². The van der Waals surface area contributed by atoms with Gasteiger partial charge in [0.05, 0.1) is 6.33 Å². The first-order chi connectivity index (χ1) is 6.97. The van der Waals surface area contributed by atoms with Gasteiger partial charge in [-0.25, -0.2) is 4.98 Å². The number of hydrogen-bond acceptors (Lipinski definition) is 1. The molecule has 3 nitrogen and oxygen atoms in total. The highest BCUT2D eigenvalue weighted by Crippen LogP contribution is 2.23. The van der Waals surface area contributed by atoms with E-state index in [2.05, 4.69) is 48.8 Å². The minimum Gasteiger partial charge on any atom is -0.338 e. The molecule has 0 unspecified atom stereocenters. The van der Waals surface area contributed by atoms with Crippen LogP contribution in [0.3, 0.4) is 0 Å². The third-order valence-corrected chi connectivity index (χ3v) is 2.51. The van der Waals surface area contributed by atoms with E-state index in [9.17, 15) is 0 Å². The molecule has 0 atom stereocenters. The van der Waals surface area contributed by atoms with Gasteiger partial charge in [-0.2, -0.15) is 0 Å². The Morgan fingerprint density at radius 3 is 2.40 bits per heavy atom. The Kier molecular flexibility index (Phi) is 2.18. The van der Waals surface area contributed by atoms with Crippen molar-refractivity contribution in [1.29, 1.82) is 0 Å². The Hall–Kier alpha value is -1.51. The summed E-state index contributed by atoms with van der Waals surface area (Å²) in [6.45, 7) is 6.64. The number of imidazole rings is 1. The normalized spacial score (nSPS) is 12.0. The first-order valence-corrected chi connectivity index (χ1v) is 5.13. The highest BCUT2D eigenvalue weighted by Gasteiger charge is 2.15. The summed E-state index contributed by atoms with van der Waals surface area (Å²) in [6.07, 6.45) is 8.02. The molecule has 0 radical (unpaired) electrons. The molecule has 80 valence electrons. The molecular weight excluding hydrogens is 186 g/mol. The zero-order valence-corrected chi connectivity index (χ0v) is 9.73. The number of nitrogens with zero attached hydrogens (tertiary/aromatic N) is 3. The van der Waals surface area contributed by atoms with Crippen LogP contribution >= 0.6 is 0 Å². The molecule has 2 heterocycles. The fourth-order valence-electron chi connectivity index (χ4n) is 1.52. The zero-order valence-electron chi connectivity index (χ0n) is 9.73. The zero-order chi connectivity index (χ0) is 11.1. The molecule has 0 spiro atoms. The van der Waals surface area contributed by atoms with Crippen LogP contribution in [-0.4, -0.2) is 14.1 Å². The molecule has 0 aliphatic carbocycles. The number of hydrogen-bond donors (Lipinski definition) is 0. The fourth-order valence-corrected chi connectivity index (χ4v) is 1.52. The van der Waals surface area contributed by atoms with Gasteiger partial charge in [-0.15, -0.1) is 0 Å². The average Bonchev–Trinajstić information content (AvgIpc) is 2.69. The van der Waals surface area contributed by atoms with Crippen LogP contribution in [0.1, 0.15) is 26.3 Å². The van der Waals surface area contributed by atoms with Crippen molar-refractivity contribution in [2.24, 2.45) is 7.05 Å². The molecule has 0 N–H and O–H groups in total. The van der Waals surface area contributed by atoms with E-state index >= 15 is 0 Å². The van der Waals surface area contributed by atoms with Crippen molar-refractivity contribution < 1.29 is 0 Å². The van der Waals surface area contributed by atoms with Crippen molar-refractivity contribution in [2.75, 3.05) is 0 Å². The van der Waals surface area contributed by atoms with Crippen molar-refractivity contribution in [3.63, 3.8) is 0 Å². The van der Waals surface area contributed by atoms with E-state index in [-0.39, 0.29) is 5.41 Å². The van der Waals surface area contributed by atoms with Crippen LogP contribution < -0.4 is 0 Å². The van der Waals surface area contributed by atoms with Crippen molar-refractivity contribution in [3.8, 4) is 5.82 Å². The lowest BCUT2D eigenvalue weighted by Crippen LogP contribution is -2.09. The topological polar surface area (TPSA) is 22.8 Å². The van der Waals surface area contributed by atoms with Crippen LogP contribution in [0.2, 0.25) is 0 Å². The second kappa shape index (κ2) is 3.26. The average molecular weight is 203 g/mol. The van der Waals surface area contributed by atoms with Crippen molar-refractivity contribution in [1.82, 2.24) is 14.1 Å². The summed E-state index contributed by atoms with van der Waals surface area (Å²) in [4.78, 5) is 4.31. The van der Waals surface area contributed by atoms with Gasteiger partial charge < -0.3 is 9.13 Å². The summed E-state index contributed by atoms with van der Waals surface area (Å²) in [7, 11) is 1.98. The van der Waals surface area contributed by atoms with Gasteiger partial charge in [-0.05, 0) is 17.0 Å². The summed E-state index contributed by atoms with van der Waals surface area (Å²) < 4.78 is 4.01.